The predicted octanol–water partition coefficient (Wildman–Crippen LogP) is 6.50. The zero-order valence-corrected chi connectivity index (χ0v) is 22.0. The number of rotatable bonds is 6. The minimum absolute atomic E-state index is 0.0400. The molecule has 37 heavy (non-hydrogen) atoms. The van der Waals surface area contributed by atoms with Gasteiger partial charge >= 0.3 is 0 Å². The number of fused-ring (bicyclic) bond motifs is 2. The molecule has 1 aliphatic carbocycles. The summed E-state index contributed by atoms with van der Waals surface area (Å²) in [5.41, 5.74) is 4.96. The molecule has 2 aromatic carbocycles. The molecule has 0 bridgehead atoms. The van der Waals surface area contributed by atoms with Crippen molar-refractivity contribution in [1.29, 1.82) is 0 Å². The molecular weight excluding hydrogens is 535 g/mol. The maximum atomic E-state index is 15.2. The van der Waals surface area contributed by atoms with Crippen molar-refractivity contribution in [3.05, 3.63) is 94.0 Å². The van der Waals surface area contributed by atoms with Crippen LogP contribution in [-0.4, -0.2) is 38.6 Å². The number of halogens is 2. The van der Waals surface area contributed by atoms with Crippen molar-refractivity contribution < 1.29 is 13.9 Å². The van der Waals surface area contributed by atoms with Gasteiger partial charge in [-0.2, -0.15) is 5.10 Å². The van der Waals surface area contributed by atoms with Crippen molar-refractivity contribution in [1.82, 2.24) is 19.5 Å². The first-order valence-electron chi connectivity index (χ1n) is 12.5. The summed E-state index contributed by atoms with van der Waals surface area (Å²) in [4.78, 5) is 20.3. The summed E-state index contributed by atoms with van der Waals surface area (Å²) in [7, 11) is 0. The predicted molar refractivity (Wildman–Crippen MR) is 143 cm³/mol. The van der Waals surface area contributed by atoms with Gasteiger partial charge in [0.2, 0.25) is 0 Å². The Balaban J connectivity index is 1.42. The Bertz CT molecular complexity index is 1540. The van der Waals surface area contributed by atoms with Crippen LogP contribution in [0.4, 0.5) is 4.39 Å². The number of nitrogens with zero attached hydrogens (tertiary/aromatic N) is 4. The topological polar surface area (TPSA) is 59.7 Å². The first-order chi connectivity index (χ1) is 17.9. The lowest BCUT2D eigenvalue weighted by molar-refractivity contribution is 0.0671. The maximum absolute atomic E-state index is 15.2. The summed E-state index contributed by atoms with van der Waals surface area (Å²) in [6, 6.07) is 14.9. The fourth-order valence-electron chi connectivity index (χ4n) is 5.16. The lowest BCUT2D eigenvalue weighted by Crippen LogP contribution is -2.39. The molecule has 3 heterocycles. The van der Waals surface area contributed by atoms with E-state index >= 15 is 4.39 Å². The Labute approximate surface area is 222 Å². The van der Waals surface area contributed by atoms with E-state index in [1.54, 1.807) is 22.7 Å². The molecule has 0 unspecified atom stereocenters. The average Bonchev–Trinajstić information content (AvgIpc) is 3.65. The van der Waals surface area contributed by atoms with E-state index in [9.17, 15) is 4.79 Å². The lowest BCUT2D eigenvalue weighted by atomic mass is 9.93. The smallest absolute Gasteiger partial charge is 0.273 e. The van der Waals surface area contributed by atoms with Crippen molar-refractivity contribution in [3.8, 4) is 17.0 Å². The molecule has 1 atom stereocenters. The van der Waals surface area contributed by atoms with Crippen LogP contribution in [0.1, 0.15) is 59.0 Å². The molecule has 1 amide bonds. The first-order valence-corrected chi connectivity index (χ1v) is 13.3. The quantitative estimate of drug-likeness (QED) is 0.252. The van der Waals surface area contributed by atoms with E-state index in [1.807, 2.05) is 23.1 Å². The van der Waals surface area contributed by atoms with Gasteiger partial charge in [0, 0.05) is 28.7 Å². The number of amides is 1. The molecule has 1 saturated carbocycles. The summed E-state index contributed by atoms with van der Waals surface area (Å²) >= 11 is 3.34. The van der Waals surface area contributed by atoms with Crippen LogP contribution in [-0.2, 0) is 6.42 Å². The highest BCUT2D eigenvalue weighted by molar-refractivity contribution is 9.10. The van der Waals surface area contributed by atoms with Gasteiger partial charge in [0.1, 0.15) is 29.6 Å². The molecule has 8 heteroatoms. The standard InChI is InChI=1S/C29H26BrFN4O2/c1-3-12-37-26-14-20(30)13-22(31)28(26)23-16-27-32-24(15-25(19-8-9-19)35(27)33-23)29(36)34-11-10-18-6-4-5-7-21(18)17(34)2/h3-7,13-17,19H,1,8-12H2,2H3/t17-/m1/s1. The van der Waals surface area contributed by atoms with Gasteiger partial charge in [-0.15, -0.1) is 0 Å². The van der Waals surface area contributed by atoms with E-state index in [0.29, 0.717) is 39.7 Å². The summed E-state index contributed by atoms with van der Waals surface area (Å²) in [5, 5.41) is 4.73. The Morgan fingerprint density at radius 3 is 2.84 bits per heavy atom. The normalized spacial score (nSPS) is 17.1. The summed E-state index contributed by atoms with van der Waals surface area (Å²) < 4.78 is 23.2. The van der Waals surface area contributed by atoms with Gasteiger partial charge in [0.05, 0.1) is 11.6 Å². The van der Waals surface area contributed by atoms with Gasteiger partial charge < -0.3 is 9.64 Å². The monoisotopic (exact) mass is 560 g/mol. The van der Waals surface area contributed by atoms with E-state index in [2.05, 4.69) is 41.6 Å². The highest BCUT2D eigenvalue weighted by atomic mass is 79.9. The fraction of sp³-hybridized carbons (Fsp3) is 0.276. The SMILES string of the molecule is C=CCOc1cc(Br)cc(F)c1-c1cc2nc(C(=O)N3CCc4ccccc4[C@H]3C)cc(C3CC3)n2n1. The van der Waals surface area contributed by atoms with Crippen molar-refractivity contribution in [3.63, 3.8) is 0 Å². The van der Waals surface area contributed by atoms with Gasteiger partial charge in [-0.3, -0.25) is 4.79 Å². The highest BCUT2D eigenvalue weighted by Crippen LogP contribution is 2.42. The largest absolute Gasteiger partial charge is 0.489 e. The molecule has 2 aromatic heterocycles. The minimum atomic E-state index is -0.457. The van der Waals surface area contributed by atoms with Crippen LogP contribution in [0.2, 0.25) is 0 Å². The van der Waals surface area contributed by atoms with Crippen LogP contribution in [0.25, 0.3) is 16.9 Å². The molecule has 0 spiro atoms. The zero-order valence-electron chi connectivity index (χ0n) is 20.5. The van der Waals surface area contributed by atoms with Crippen molar-refractivity contribution >= 4 is 27.5 Å². The second-order valence-corrected chi connectivity index (χ2v) is 10.5. The van der Waals surface area contributed by atoms with E-state index in [0.717, 1.165) is 25.0 Å². The molecule has 4 aromatic rings. The second-order valence-electron chi connectivity index (χ2n) is 9.62. The van der Waals surface area contributed by atoms with Gasteiger partial charge in [0.15, 0.2) is 5.65 Å². The third-order valence-corrected chi connectivity index (χ3v) is 7.61. The molecule has 188 valence electrons. The lowest BCUT2D eigenvalue weighted by Gasteiger charge is -2.35. The average molecular weight is 561 g/mol. The fourth-order valence-corrected chi connectivity index (χ4v) is 5.57. The maximum Gasteiger partial charge on any atom is 0.273 e. The number of hydrogen-bond acceptors (Lipinski definition) is 4. The molecule has 1 fully saturated rings. The molecule has 6 rings (SSSR count). The van der Waals surface area contributed by atoms with Crippen LogP contribution in [0.3, 0.4) is 0 Å². The zero-order chi connectivity index (χ0) is 25.7. The molecule has 0 N–H and O–H groups in total. The van der Waals surface area contributed by atoms with Crippen LogP contribution in [0.15, 0.2) is 65.7 Å². The first kappa shape index (κ1) is 23.9. The van der Waals surface area contributed by atoms with Crippen LogP contribution in [0.5, 0.6) is 5.75 Å². The highest BCUT2D eigenvalue weighted by Gasteiger charge is 2.33. The summed E-state index contributed by atoms with van der Waals surface area (Å²) in [6.45, 7) is 6.62. The molecule has 0 radical (unpaired) electrons. The molecule has 0 saturated heterocycles. The number of carbonyl (C=O) groups is 1. The van der Waals surface area contributed by atoms with Gasteiger partial charge in [-0.1, -0.05) is 52.9 Å². The molecular formula is C29H26BrFN4O2. The van der Waals surface area contributed by atoms with Crippen molar-refractivity contribution in [2.75, 3.05) is 13.2 Å². The molecule has 2 aliphatic rings. The van der Waals surface area contributed by atoms with E-state index in [4.69, 9.17) is 14.8 Å². The number of benzene rings is 2. The number of aromatic nitrogens is 3. The van der Waals surface area contributed by atoms with E-state index in [1.165, 1.54) is 17.2 Å². The van der Waals surface area contributed by atoms with Crippen molar-refractivity contribution in [2.45, 2.75) is 38.1 Å². The third-order valence-electron chi connectivity index (χ3n) is 7.16. The summed E-state index contributed by atoms with van der Waals surface area (Å²) in [6.07, 6.45) is 4.47. The second kappa shape index (κ2) is 9.41. The van der Waals surface area contributed by atoms with Crippen LogP contribution >= 0.6 is 15.9 Å². The third kappa shape index (κ3) is 4.33. The van der Waals surface area contributed by atoms with Gasteiger partial charge in [-0.05, 0) is 55.5 Å². The number of hydrogen-bond donors (Lipinski definition) is 0. The van der Waals surface area contributed by atoms with Gasteiger partial charge in [-0.25, -0.2) is 13.9 Å². The number of carbonyl (C=O) groups excluding carboxylic acids is 1. The summed E-state index contributed by atoms with van der Waals surface area (Å²) in [5.74, 6) is 0.108. The molecule has 6 nitrogen and oxygen atoms in total. The Hall–Kier alpha value is -3.52. The Morgan fingerprint density at radius 1 is 1.24 bits per heavy atom. The van der Waals surface area contributed by atoms with Crippen LogP contribution < -0.4 is 4.74 Å². The number of ether oxygens (including phenoxy) is 1. The Kier molecular flexibility index (Phi) is 6.07. The molecule has 1 aliphatic heterocycles. The minimum Gasteiger partial charge on any atom is -0.489 e. The van der Waals surface area contributed by atoms with Crippen molar-refractivity contribution in [2.24, 2.45) is 0 Å². The Morgan fingerprint density at radius 2 is 2.05 bits per heavy atom. The van der Waals surface area contributed by atoms with E-state index < -0.39 is 5.82 Å². The van der Waals surface area contributed by atoms with E-state index in [-0.39, 0.29) is 24.1 Å². The van der Waals surface area contributed by atoms with Crippen LogP contribution in [0, 0.1) is 5.82 Å². The van der Waals surface area contributed by atoms with Gasteiger partial charge in [0.25, 0.3) is 5.91 Å².